The van der Waals surface area contributed by atoms with Crippen molar-refractivity contribution < 1.29 is 4.79 Å². The van der Waals surface area contributed by atoms with Crippen LogP contribution >= 0.6 is 0 Å². The molecule has 5 heteroatoms. The van der Waals surface area contributed by atoms with Gasteiger partial charge in [-0.1, -0.05) is 6.07 Å². The highest BCUT2D eigenvalue weighted by molar-refractivity contribution is 5.76. The number of pyridine rings is 1. The molecule has 2 aromatic rings. The summed E-state index contributed by atoms with van der Waals surface area (Å²) in [5.74, 6) is 0.0289. The molecular formula is C17H22N4O. The highest BCUT2D eigenvalue weighted by Crippen LogP contribution is 2.15. The zero-order valence-corrected chi connectivity index (χ0v) is 13.0. The summed E-state index contributed by atoms with van der Waals surface area (Å²) < 4.78 is 0. The Hall–Kier alpha value is -2.56. The van der Waals surface area contributed by atoms with Crippen molar-refractivity contribution in [1.82, 2.24) is 10.3 Å². The van der Waals surface area contributed by atoms with E-state index >= 15 is 0 Å². The first-order valence-corrected chi connectivity index (χ1v) is 7.32. The molecule has 1 amide bonds. The fraction of sp³-hybridized carbons (Fsp3) is 0.294. The second-order valence-corrected chi connectivity index (χ2v) is 5.26. The molecule has 0 saturated carbocycles. The van der Waals surface area contributed by atoms with Crippen LogP contribution in [0.3, 0.4) is 0 Å². The summed E-state index contributed by atoms with van der Waals surface area (Å²) in [6.45, 7) is 1.13. The maximum Gasteiger partial charge on any atom is 0.222 e. The molecule has 0 radical (unpaired) electrons. The van der Waals surface area contributed by atoms with Crippen molar-refractivity contribution in [2.24, 2.45) is 0 Å². The van der Waals surface area contributed by atoms with Crippen molar-refractivity contribution in [2.45, 2.75) is 13.0 Å². The largest absolute Gasteiger partial charge is 0.385 e. The molecule has 0 aliphatic rings. The number of rotatable bonds is 7. The van der Waals surface area contributed by atoms with Crippen LogP contribution in [-0.4, -0.2) is 31.5 Å². The number of nitrogens with zero attached hydrogens (tertiary/aromatic N) is 2. The van der Waals surface area contributed by atoms with Gasteiger partial charge in [0.1, 0.15) is 0 Å². The predicted molar refractivity (Wildman–Crippen MR) is 90.0 cm³/mol. The monoisotopic (exact) mass is 298 g/mol. The van der Waals surface area contributed by atoms with E-state index in [1.165, 1.54) is 0 Å². The molecule has 1 aromatic heterocycles. The van der Waals surface area contributed by atoms with E-state index in [9.17, 15) is 4.79 Å². The highest BCUT2D eigenvalue weighted by atomic mass is 16.1. The molecule has 0 spiro atoms. The lowest BCUT2D eigenvalue weighted by Crippen LogP contribution is -2.24. The van der Waals surface area contributed by atoms with E-state index in [0.717, 1.165) is 16.9 Å². The van der Waals surface area contributed by atoms with Gasteiger partial charge in [0.2, 0.25) is 5.91 Å². The van der Waals surface area contributed by atoms with Crippen LogP contribution in [0.5, 0.6) is 0 Å². The first-order chi connectivity index (χ1) is 10.6. The molecule has 5 nitrogen and oxygen atoms in total. The van der Waals surface area contributed by atoms with Crippen LogP contribution in [0, 0.1) is 0 Å². The van der Waals surface area contributed by atoms with Gasteiger partial charge in [0, 0.05) is 57.4 Å². The van der Waals surface area contributed by atoms with E-state index in [4.69, 9.17) is 0 Å². The maximum atomic E-state index is 11.8. The van der Waals surface area contributed by atoms with Crippen LogP contribution in [0.15, 0.2) is 48.8 Å². The standard InChI is InChI=1S/C17H22N4O/c1-21(2)16-7-5-15(6-8-16)19-11-9-17(22)20-13-14-4-3-10-18-12-14/h3-8,10,12,19H,9,11,13H2,1-2H3,(H,20,22). The number of hydrogen-bond donors (Lipinski definition) is 2. The Morgan fingerprint density at radius 3 is 2.59 bits per heavy atom. The minimum Gasteiger partial charge on any atom is -0.385 e. The van der Waals surface area contributed by atoms with Crippen LogP contribution in [0.4, 0.5) is 11.4 Å². The first-order valence-electron chi connectivity index (χ1n) is 7.32. The number of carbonyl (C=O) groups excluding carboxylic acids is 1. The van der Waals surface area contributed by atoms with Gasteiger partial charge in [0.15, 0.2) is 0 Å². The summed E-state index contributed by atoms with van der Waals surface area (Å²) in [6, 6.07) is 11.9. The van der Waals surface area contributed by atoms with E-state index in [0.29, 0.717) is 19.5 Å². The van der Waals surface area contributed by atoms with E-state index in [1.54, 1.807) is 12.4 Å². The molecule has 0 aliphatic carbocycles. The molecule has 0 bridgehead atoms. The van der Waals surface area contributed by atoms with E-state index in [2.05, 4.69) is 20.5 Å². The zero-order valence-electron chi connectivity index (χ0n) is 13.0. The molecule has 0 atom stereocenters. The summed E-state index contributed by atoms with van der Waals surface area (Å²) in [5, 5.41) is 6.13. The minimum absolute atomic E-state index is 0.0289. The number of hydrogen-bond acceptors (Lipinski definition) is 4. The molecule has 116 valence electrons. The Bertz CT molecular complexity index is 581. The molecule has 0 saturated heterocycles. The van der Waals surface area contributed by atoms with Crippen LogP contribution < -0.4 is 15.5 Å². The Morgan fingerprint density at radius 1 is 1.18 bits per heavy atom. The Kier molecular flexibility index (Phi) is 5.77. The summed E-state index contributed by atoms with van der Waals surface area (Å²) in [7, 11) is 4.02. The van der Waals surface area contributed by atoms with Gasteiger partial charge in [-0.25, -0.2) is 0 Å². The molecular weight excluding hydrogens is 276 g/mol. The molecule has 2 rings (SSSR count). The van der Waals surface area contributed by atoms with Gasteiger partial charge < -0.3 is 15.5 Å². The molecule has 1 aromatic carbocycles. The molecule has 0 aliphatic heterocycles. The zero-order chi connectivity index (χ0) is 15.8. The predicted octanol–water partition coefficient (Wildman–Crippen LogP) is 2.27. The Labute approximate surface area is 131 Å². The fourth-order valence-corrected chi connectivity index (χ4v) is 1.99. The van der Waals surface area contributed by atoms with Crippen LogP contribution in [-0.2, 0) is 11.3 Å². The summed E-state index contributed by atoms with van der Waals surface area (Å²) in [4.78, 5) is 17.8. The molecule has 1 heterocycles. The van der Waals surface area contributed by atoms with Crippen LogP contribution in [0.1, 0.15) is 12.0 Å². The number of anilines is 2. The first kappa shape index (κ1) is 15.8. The summed E-state index contributed by atoms with van der Waals surface area (Å²) >= 11 is 0. The quantitative estimate of drug-likeness (QED) is 0.823. The van der Waals surface area contributed by atoms with Gasteiger partial charge in [-0.15, -0.1) is 0 Å². The molecule has 22 heavy (non-hydrogen) atoms. The fourth-order valence-electron chi connectivity index (χ4n) is 1.99. The van der Waals surface area contributed by atoms with Gasteiger partial charge in [0.25, 0.3) is 0 Å². The van der Waals surface area contributed by atoms with Crippen molar-refractivity contribution in [3.8, 4) is 0 Å². The van der Waals surface area contributed by atoms with Gasteiger partial charge in [-0.3, -0.25) is 9.78 Å². The smallest absolute Gasteiger partial charge is 0.222 e. The van der Waals surface area contributed by atoms with E-state index < -0.39 is 0 Å². The number of nitrogens with one attached hydrogen (secondary N) is 2. The van der Waals surface area contributed by atoms with Crippen molar-refractivity contribution in [2.75, 3.05) is 30.9 Å². The Morgan fingerprint density at radius 2 is 1.95 bits per heavy atom. The lowest BCUT2D eigenvalue weighted by Gasteiger charge is -2.13. The van der Waals surface area contributed by atoms with E-state index in [-0.39, 0.29) is 5.91 Å². The topological polar surface area (TPSA) is 57.3 Å². The van der Waals surface area contributed by atoms with Crippen LogP contribution in [0.2, 0.25) is 0 Å². The SMILES string of the molecule is CN(C)c1ccc(NCCC(=O)NCc2cccnc2)cc1. The summed E-state index contributed by atoms with van der Waals surface area (Å²) in [5.41, 5.74) is 3.17. The average molecular weight is 298 g/mol. The van der Waals surface area contributed by atoms with E-state index in [1.807, 2.05) is 50.5 Å². The van der Waals surface area contributed by atoms with Crippen LogP contribution in [0.25, 0.3) is 0 Å². The van der Waals surface area contributed by atoms with Crippen molar-refractivity contribution in [3.63, 3.8) is 0 Å². The van der Waals surface area contributed by atoms with Gasteiger partial charge in [-0.2, -0.15) is 0 Å². The normalized spacial score (nSPS) is 10.1. The van der Waals surface area contributed by atoms with Gasteiger partial charge >= 0.3 is 0 Å². The second-order valence-electron chi connectivity index (χ2n) is 5.26. The molecule has 0 fully saturated rings. The van der Waals surface area contributed by atoms with Gasteiger partial charge in [0.05, 0.1) is 0 Å². The van der Waals surface area contributed by atoms with Crippen molar-refractivity contribution in [1.29, 1.82) is 0 Å². The molecule has 0 unspecified atom stereocenters. The number of aromatic nitrogens is 1. The summed E-state index contributed by atoms with van der Waals surface area (Å²) in [6.07, 6.45) is 3.91. The lowest BCUT2D eigenvalue weighted by atomic mass is 10.2. The van der Waals surface area contributed by atoms with Gasteiger partial charge in [-0.05, 0) is 35.9 Å². The number of benzene rings is 1. The van der Waals surface area contributed by atoms with Crippen molar-refractivity contribution >= 4 is 17.3 Å². The highest BCUT2D eigenvalue weighted by Gasteiger charge is 2.02. The minimum atomic E-state index is 0.0289. The third kappa shape index (κ3) is 5.09. The van der Waals surface area contributed by atoms with Crippen molar-refractivity contribution in [3.05, 3.63) is 54.4 Å². The lowest BCUT2D eigenvalue weighted by molar-refractivity contribution is -0.121. The second kappa shape index (κ2) is 8.02. The maximum absolute atomic E-state index is 11.8. The third-order valence-electron chi connectivity index (χ3n) is 3.28. The average Bonchev–Trinajstić information content (AvgIpc) is 2.54. The number of amides is 1. The Balaban J connectivity index is 1.68. The third-order valence-corrected chi connectivity index (χ3v) is 3.28. The molecule has 2 N–H and O–H groups in total. The number of carbonyl (C=O) groups is 1.